The molecule has 4 nitrogen and oxygen atoms in total. The van der Waals surface area contributed by atoms with Crippen LogP contribution in [0.1, 0.15) is 43.0 Å². The molecule has 4 rings (SSSR count). The summed E-state index contributed by atoms with van der Waals surface area (Å²) in [6.07, 6.45) is 0.707. The van der Waals surface area contributed by atoms with Crippen molar-refractivity contribution in [3.8, 4) is 11.5 Å². The van der Waals surface area contributed by atoms with Crippen LogP contribution in [0.15, 0.2) is 97.1 Å². The maximum atomic E-state index is 12.3. The molecule has 0 unspecified atom stereocenters. The van der Waals surface area contributed by atoms with Crippen molar-refractivity contribution in [1.29, 1.82) is 0 Å². The third-order valence-electron chi connectivity index (χ3n) is 5.18. The summed E-state index contributed by atoms with van der Waals surface area (Å²) in [6.45, 7) is 3.87. The molecular weight excluding hydrogens is 412 g/mol. The average Bonchev–Trinajstić information content (AvgIpc) is 2.81. The number of rotatable bonds is 6. The van der Waals surface area contributed by atoms with Gasteiger partial charge in [0, 0.05) is 0 Å². The van der Waals surface area contributed by atoms with Crippen LogP contribution < -0.4 is 9.47 Å². The normalized spacial score (nSPS) is 10.5. The van der Waals surface area contributed by atoms with Gasteiger partial charge in [-0.1, -0.05) is 59.7 Å². The number of carbonyl (C=O) groups is 2. The molecule has 0 heterocycles. The first kappa shape index (κ1) is 22.0. The Hall–Kier alpha value is -4.18. The van der Waals surface area contributed by atoms with Gasteiger partial charge in [0.05, 0.1) is 11.1 Å². The van der Waals surface area contributed by atoms with Crippen LogP contribution in [0.4, 0.5) is 0 Å². The lowest BCUT2D eigenvalue weighted by molar-refractivity contribution is 0.0725. The van der Waals surface area contributed by atoms with Crippen molar-refractivity contribution in [2.24, 2.45) is 0 Å². The fourth-order valence-electron chi connectivity index (χ4n) is 3.46. The molecule has 0 spiro atoms. The van der Waals surface area contributed by atoms with Crippen molar-refractivity contribution in [2.75, 3.05) is 0 Å². The molecule has 33 heavy (non-hydrogen) atoms. The Morgan fingerprint density at radius 1 is 0.576 bits per heavy atom. The molecule has 0 saturated heterocycles. The van der Waals surface area contributed by atoms with Crippen LogP contribution in [-0.2, 0) is 6.42 Å². The molecule has 0 amide bonds. The van der Waals surface area contributed by atoms with Crippen LogP contribution in [0.2, 0.25) is 0 Å². The third-order valence-corrected chi connectivity index (χ3v) is 5.18. The topological polar surface area (TPSA) is 52.6 Å². The van der Waals surface area contributed by atoms with Crippen LogP contribution in [0.3, 0.4) is 0 Å². The number of carbonyl (C=O) groups excluding carboxylic acids is 2. The molecule has 0 bridgehead atoms. The van der Waals surface area contributed by atoms with Crippen molar-refractivity contribution in [3.05, 3.63) is 130 Å². The van der Waals surface area contributed by atoms with Gasteiger partial charge in [0.25, 0.3) is 0 Å². The Balaban J connectivity index is 1.34. The Bertz CT molecular complexity index is 1170. The van der Waals surface area contributed by atoms with E-state index >= 15 is 0 Å². The average molecular weight is 437 g/mol. The van der Waals surface area contributed by atoms with Gasteiger partial charge in [-0.05, 0) is 79.9 Å². The van der Waals surface area contributed by atoms with Gasteiger partial charge in [0.15, 0.2) is 0 Å². The second kappa shape index (κ2) is 9.96. The van der Waals surface area contributed by atoms with Crippen molar-refractivity contribution in [2.45, 2.75) is 20.3 Å². The lowest BCUT2D eigenvalue weighted by Gasteiger charge is -2.08. The summed E-state index contributed by atoms with van der Waals surface area (Å²) in [5.74, 6) is 0.261. The molecule has 0 aromatic heterocycles. The van der Waals surface area contributed by atoms with E-state index in [0.29, 0.717) is 29.0 Å². The van der Waals surface area contributed by atoms with E-state index in [2.05, 4.69) is 0 Å². The van der Waals surface area contributed by atoms with E-state index in [1.54, 1.807) is 48.5 Å². The highest BCUT2D eigenvalue weighted by Crippen LogP contribution is 2.20. The minimum absolute atomic E-state index is 0.373. The van der Waals surface area contributed by atoms with Crippen molar-refractivity contribution < 1.29 is 19.1 Å². The van der Waals surface area contributed by atoms with Crippen LogP contribution in [0, 0.1) is 13.8 Å². The zero-order valence-corrected chi connectivity index (χ0v) is 18.6. The highest BCUT2D eigenvalue weighted by Gasteiger charge is 2.10. The number of hydrogen-bond donors (Lipinski definition) is 0. The third kappa shape index (κ3) is 5.95. The minimum Gasteiger partial charge on any atom is -0.423 e. The quantitative estimate of drug-likeness (QED) is 0.262. The van der Waals surface area contributed by atoms with E-state index in [9.17, 15) is 9.59 Å². The highest BCUT2D eigenvalue weighted by molar-refractivity contribution is 5.91. The Morgan fingerprint density at radius 3 is 1.33 bits per heavy atom. The van der Waals surface area contributed by atoms with Crippen LogP contribution in [0.5, 0.6) is 11.5 Å². The monoisotopic (exact) mass is 436 g/mol. The fraction of sp³-hybridized carbons (Fsp3) is 0.103. The number of benzene rings is 4. The molecule has 4 aromatic rings. The largest absolute Gasteiger partial charge is 0.423 e. The maximum Gasteiger partial charge on any atom is 0.343 e. The standard InChI is InChI=1S/C29H24O4/c1-20-5-3-7-24(17-20)28(30)32-26-13-9-22(10-14-26)19-23-11-15-27(16-12-23)33-29(31)25-8-4-6-21(2)18-25/h3-18H,19H2,1-2H3. The Labute approximate surface area is 193 Å². The van der Waals surface area contributed by atoms with E-state index in [4.69, 9.17) is 9.47 Å². The zero-order chi connectivity index (χ0) is 23.2. The predicted octanol–water partition coefficient (Wildman–Crippen LogP) is 6.33. The molecule has 0 radical (unpaired) electrons. The number of hydrogen-bond acceptors (Lipinski definition) is 4. The van der Waals surface area contributed by atoms with Gasteiger partial charge in [0.2, 0.25) is 0 Å². The van der Waals surface area contributed by atoms with Crippen molar-refractivity contribution in [1.82, 2.24) is 0 Å². The Kier molecular flexibility index (Phi) is 6.65. The second-order valence-electron chi connectivity index (χ2n) is 7.98. The summed E-state index contributed by atoms with van der Waals surface area (Å²) in [7, 11) is 0. The van der Waals surface area contributed by atoms with E-state index in [0.717, 1.165) is 22.3 Å². The Morgan fingerprint density at radius 2 is 0.970 bits per heavy atom. The number of ether oxygens (including phenoxy) is 2. The zero-order valence-electron chi connectivity index (χ0n) is 18.6. The first-order chi connectivity index (χ1) is 16.0. The summed E-state index contributed by atoms with van der Waals surface area (Å²) >= 11 is 0. The van der Waals surface area contributed by atoms with Gasteiger partial charge in [-0.15, -0.1) is 0 Å². The molecule has 0 atom stereocenters. The second-order valence-corrected chi connectivity index (χ2v) is 7.98. The summed E-state index contributed by atoms with van der Waals surface area (Å²) in [4.78, 5) is 24.6. The van der Waals surface area contributed by atoms with Crippen LogP contribution in [-0.4, -0.2) is 11.9 Å². The van der Waals surface area contributed by atoms with E-state index in [1.165, 1.54) is 0 Å². The molecule has 0 aliphatic carbocycles. The fourth-order valence-corrected chi connectivity index (χ4v) is 3.46. The smallest absolute Gasteiger partial charge is 0.343 e. The van der Waals surface area contributed by atoms with Gasteiger partial charge in [-0.2, -0.15) is 0 Å². The molecule has 4 aromatic carbocycles. The molecule has 4 heteroatoms. The first-order valence-electron chi connectivity index (χ1n) is 10.7. The van der Waals surface area contributed by atoms with Crippen molar-refractivity contribution >= 4 is 11.9 Å². The molecule has 0 N–H and O–H groups in total. The predicted molar refractivity (Wildman–Crippen MR) is 128 cm³/mol. The summed E-state index contributed by atoms with van der Waals surface area (Å²) in [5.41, 5.74) is 5.24. The lowest BCUT2D eigenvalue weighted by Crippen LogP contribution is -2.08. The SMILES string of the molecule is Cc1cccc(C(=O)Oc2ccc(Cc3ccc(OC(=O)c4cccc(C)c4)cc3)cc2)c1. The summed E-state index contributed by atoms with van der Waals surface area (Å²) in [5, 5.41) is 0. The summed E-state index contributed by atoms with van der Waals surface area (Å²) < 4.78 is 10.9. The van der Waals surface area contributed by atoms with Gasteiger partial charge in [-0.3, -0.25) is 0 Å². The number of aryl methyl sites for hydroxylation is 2. The first-order valence-corrected chi connectivity index (χ1v) is 10.7. The van der Waals surface area contributed by atoms with E-state index < -0.39 is 0 Å². The van der Waals surface area contributed by atoms with E-state index in [1.807, 2.05) is 62.4 Å². The van der Waals surface area contributed by atoms with Crippen LogP contribution in [0.25, 0.3) is 0 Å². The van der Waals surface area contributed by atoms with E-state index in [-0.39, 0.29) is 11.9 Å². The van der Waals surface area contributed by atoms with Gasteiger partial charge in [-0.25, -0.2) is 9.59 Å². The number of esters is 2. The van der Waals surface area contributed by atoms with Crippen molar-refractivity contribution in [3.63, 3.8) is 0 Å². The maximum absolute atomic E-state index is 12.3. The van der Waals surface area contributed by atoms with Crippen LogP contribution >= 0.6 is 0 Å². The lowest BCUT2D eigenvalue weighted by atomic mass is 10.0. The molecule has 164 valence electrons. The molecule has 0 aliphatic rings. The highest BCUT2D eigenvalue weighted by atomic mass is 16.5. The molecular formula is C29H24O4. The minimum atomic E-state index is -0.373. The van der Waals surface area contributed by atoms with Gasteiger partial charge in [0.1, 0.15) is 11.5 Å². The summed E-state index contributed by atoms with van der Waals surface area (Å²) in [6, 6.07) is 29.6. The van der Waals surface area contributed by atoms with Gasteiger partial charge >= 0.3 is 11.9 Å². The van der Waals surface area contributed by atoms with Gasteiger partial charge < -0.3 is 9.47 Å². The molecule has 0 saturated carbocycles. The molecule has 0 aliphatic heterocycles. The molecule has 0 fully saturated rings.